The first-order chi connectivity index (χ1) is 8.22. The maximum absolute atomic E-state index is 6.05. The molecular formula is C12H10BrClN2O. The number of hydrogen-bond donors (Lipinski definition) is 1. The van der Waals surface area contributed by atoms with Crippen LogP contribution >= 0.6 is 27.5 Å². The Kier molecular flexibility index (Phi) is 3.99. The highest BCUT2D eigenvalue weighted by Gasteiger charge is 2.09. The largest absolute Gasteiger partial charge is 0.456 e. The average Bonchev–Trinajstić information content (AvgIpc) is 2.32. The molecule has 0 saturated carbocycles. The fourth-order valence-electron chi connectivity index (χ4n) is 1.40. The van der Waals surface area contributed by atoms with Gasteiger partial charge in [-0.3, -0.25) is 4.98 Å². The summed E-state index contributed by atoms with van der Waals surface area (Å²) in [5.41, 5.74) is 6.44. The number of ether oxygens (including phenoxy) is 1. The summed E-state index contributed by atoms with van der Waals surface area (Å²) in [6.07, 6.45) is 3.33. The van der Waals surface area contributed by atoms with E-state index in [0.717, 1.165) is 10.0 Å². The van der Waals surface area contributed by atoms with Gasteiger partial charge in [-0.25, -0.2) is 0 Å². The summed E-state index contributed by atoms with van der Waals surface area (Å²) < 4.78 is 6.54. The van der Waals surface area contributed by atoms with Crippen molar-refractivity contribution in [1.29, 1.82) is 0 Å². The summed E-state index contributed by atoms with van der Waals surface area (Å²) >= 11 is 9.42. The van der Waals surface area contributed by atoms with Crippen LogP contribution in [0.25, 0.3) is 0 Å². The monoisotopic (exact) mass is 312 g/mol. The quantitative estimate of drug-likeness (QED) is 0.939. The van der Waals surface area contributed by atoms with Gasteiger partial charge in [0.05, 0.1) is 4.47 Å². The van der Waals surface area contributed by atoms with Crippen molar-refractivity contribution < 1.29 is 4.74 Å². The molecule has 88 valence electrons. The molecule has 0 fully saturated rings. The van der Waals surface area contributed by atoms with Crippen LogP contribution in [0.4, 0.5) is 0 Å². The molecule has 1 aromatic carbocycles. The molecule has 2 aromatic rings. The van der Waals surface area contributed by atoms with Gasteiger partial charge in [0.25, 0.3) is 0 Å². The molecule has 1 aromatic heterocycles. The van der Waals surface area contributed by atoms with Crippen molar-refractivity contribution in [2.75, 3.05) is 0 Å². The van der Waals surface area contributed by atoms with Crippen LogP contribution in [-0.4, -0.2) is 4.98 Å². The maximum Gasteiger partial charge on any atom is 0.144 e. The van der Waals surface area contributed by atoms with Crippen LogP contribution in [0.5, 0.6) is 11.5 Å². The number of benzene rings is 1. The van der Waals surface area contributed by atoms with Gasteiger partial charge in [0.1, 0.15) is 11.5 Å². The maximum atomic E-state index is 6.05. The van der Waals surface area contributed by atoms with Gasteiger partial charge in [-0.2, -0.15) is 0 Å². The SMILES string of the molecule is NCc1c(Cl)cccc1Oc1ccncc1Br. The van der Waals surface area contributed by atoms with E-state index in [9.17, 15) is 0 Å². The number of hydrogen-bond acceptors (Lipinski definition) is 3. The number of halogens is 2. The molecule has 0 aliphatic carbocycles. The molecule has 5 heteroatoms. The van der Waals surface area contributed by atoms with E-state index in [4.69, 9.17) is 22.1 Å². The van der Waals surface area contributed by atoms with E-state index in [1.807, 2.05) is 12.1 Å². The molecule has 0 saturated heterocycles. The van der Waals surface area contributed by atoms with E-state index in [-0.39, 0.29) is 0 Å². The van der Waals surface area contributed by atoms with Crippen LogP contribution in [0.3, 0.4) is 0 Å². The highest BCUT2D eigenvalue weighted by atomic mass is 79.9. The zero-order valence-electron chi connectivity index (χ0n) is 8.86. The first-order valence-corrected chi connectivity index (χ1v) is 6.14. The molecule has 0 bridgehead atoms. The minimum atomic E-state index is 0.331. The standard InChI is InChI=1S/C12H10BrClN2O/c13-9-7-16-5-4-12(9)17-11-3-1-2-10(14)8(11)6-15/h1-5,7H,6,15H2. The number of rotatable bonds is 3. The second-order valence-electron chi connectivity index (χ2n) is 3.33. The highest BCUT2D eigenvalue weighted by Crippen LogP contribution is 2.33. The molecule has 2 N–H and O–H groups in total. The third kappa shape index (κ3) is 2.77. The van der Waals surface area contributed by atoms with Gasteiger partial charge in [-0.05, 0) is 28.1 Å². The van der Waals surface area contributed by atoms with Crippen molar-refractivity contribution in [3.8, 4) is 11.5 Å². The minimum Gasteiger partial charge on any atom is -0.456 e. The summed E-state index contributed by atoms with van der Waals surface area (Å²) in [5.74, 6) is 1.34. The second-order valence-corrected chi connectivity index (χ2v) is 4.59. The molecule has 0 spiro atoms. The number of nitrogens with zero attached hydrogens (tertiary/aromatic N) is 1. The van der Waals surface area contributed by atoms with E-state index in [2.05, 4.69) is 20.9 Å². The summed E-state index contributed by atoms with van der Waals surface area (Å²) in [6.45, 7) is 0.331. The van der Waals surface area contributed by atoms with Gasteiger partial charge in [0.2, 0.25) is 0 Å². The Labute approximate surface area is 113 Å². The molecule has 0 aliphatic heterocycles. The van der Waals surface area contributed by atoms with Gasteiger partial charge in [-0.1, -0.05) is 17.7 Å². The predicted octanol–water partition coefficient (Wildman–Crippen LogP) is 3.75. The first kappa shape index (κ1) is 12.4. The second kappa shape index (κ2) is 5.49. The van der Waals surface area contributed by atoms with Crippen LogP contribution in [-0.2, 0) is 6.54 Å². The normalized spacial score (nSPS) is 10.3. The molecule has 1 heterocycles. The summed E-state index contributed by atoms with van der Waals surface area (Å²) in [4.78, 5) is 3.97. The Morgan fingerprint density at radius 1 is 1.29 bits per heavy atom. The van der Waals surface area contributed by atoms with E-state index < -0.39 is 0 Å². The Bertz CT molecular complexity index is 534. The summed E-state index contributed by atoms with van der Waals surface area (Å²) in [6, 6.07) is 7.22. The Balaban J connectivity index is 2.37. The molecular weight excluding hydrogens is 304 g/mol. The molecule has 0 amide bonds. The van der Waals surface area contributed by atoms with Gasteiger partial charge in [-0.15, -0.1) is 0 Å². The van der Waals surface area contributed by atoms with Gasteiger partial charge < -0.3 is 10.5 Å². The zero-order chi connectivity index (χ0) is 12.3. The summed E-state index contributed by atoms with van der Waals surface area (Å²) in [5, 5.41) is 0.607. The molecule has 3 nitrogen and oxygen atoms in total. The molecule has 2 rings (SSSR count). The van der Waals surface area contributed by atoms with Crippen molar-refractivity contribution in [2.45, 2.75) is 6.54 Å². The van der Waals surface area contributed by atoms with Crippen molar-refractivity contribution >= 4 is 27.5 Å². The molecule has 0 atom stereocenters. The van der Waals surface area contributed by atoms with Crippen LogP contribution in [0.1, 0.15) is 5.56 Å². The van der Waals surface area contributed by atoms with Crippen LogP contribution < -0.4 is 10.5 Å². The number of pyridine rings is 1. The smallest absolute Gasteiger partial charge is 0.144 e. The molecule has 0 unspecified atom stereocenters. The lowest BCUT2D eigenvalue weighted by atomic mass is 10.2. The lowest BCUT2D eigenvalue weighted by molar-refractivity contribution is 0.472. The third-order valence-corrected chi connectivity index (χ3v) is 3.18. The predicted molar refractivity (Wildman–Crippen MR) is 71.4 cm³/mol. The van der Waals surface area contributed by atoms with Crippen molar-refractivity contribution in [1.82, 2.24) is 4.98 Å². The Morgan fingerprint density at radius 3 is 2.82 bits per heavy atom. The van der Waals surface area contributed by atoms with Crippen molar-refractivity contribution in [3.05, 3.63) is 51.7 Å². The first-order valence-electron chi connectivity index (χ1n) is 4.97. The van der Waals surface area contributed by atoms with Gasteiger partial charge >= 0.3 is 0 Å². The summed E-state index contributed by atoms with van der Waals surface area (Å²) in [7, 11) is 0. The lowest BCUT2D eigenvalue weighted by Gasteiger charge is -2.11. The van der Waals surface area contributed by atoms with Crippen molar-refractivity contribution in [3.63, 3.8) is 0 Å². The van der Waals surface area contributed by atoms with Crippen LogP contribution in [0.2, 0.25) is 5.02 Å². The highest BCUT2D eigenvalue weighted by molar-refractivity contribution is 9.10. The zero-order valence-corrected chi connectivity index (χ0v) is 11.2. The Morgan fingerprint density at radius 2 is 2.12 bits per heavy atom. The fourth-order valence-corrected chi connectivity index (χ4v) is 1.97. The van der Waals surface area contributed by atoms with Crippen LogP contribution in [0.15, 0.2) is 41.1 Å². The fraction of sp³-hybridized carbons (Fsp3) is 0.0833. The van der Waals surface area contributed by atoms with Crippen molar-refractivity contribution in [2.24, 2.45) is 5.73 Å². The van der Waals surface area contributed by atoms with E-state index in [0.29, 0.717) is 23.1 Å². The van der Waals surface area contributed by atoms with E-state index in [1.165, 1.54) is 0 Å². The van der Waals surface area contributed by atoms with Gasteiger partial charge in [0, 0.05) is 35.6 Å². The lowest BCUT2D eigenvalue weighted by Crippen LogP contribution is -2.00. The number of nitrogens with two attached hydrogens (primary N) is 1. The van der Waals surface area contributed by atoms with Gasteiger partial charge in [0.15, 0.2) is 0 Å². The molecule has 17 heavy (non-hydrogen) atoms. The van der Waals surface area contributed by atoms with E-state index in [1.54, 1.807) is 24.5 Å². The Hall–Kier alpha value is -1.10. The topological polar surface area (TPSA) is 48.1 Å². The van der Waals surface area contributed by atoms with E-state index >= 15 is 0 Å². The number of aromatic nitrogens is 1. The minimum absolute atomic E-state index is 0.331. The molecule has 0 radical (unpaired) electrons. The molecule has 0 aliphatic rings. The van der Waals surface area contributed by atoms with Crippen LogP contribution in [0, 0.1) is 0 Å². The average molecular weight is 314 g/mol. The third-order valence-electron chi connectivity index (χ3n) is 2.24.